The summed E-state index contributed by atoms with van der Waals surface area (Å²) in [5.41, 5.74) is 2.59. The summed E-state index contributed by atoms with van der Waals surface area (Å²) in [6.07, 6.45) is 8.16. The summed E-state index contributed by atoms with van der Waals surface area (Å²) in [7, 11) is 0. The third kappa shape index (κ3) is 4.43. The topological polar surface area (TPSA) is 62.3 Å². The number of piperidine rings is 1. The predicted octanol–water partition coefficient (Wildman–Crippen LogP) is 3.57. The van der Waals surface area contributed by atoms with Gasteiger partial charge in [0.25, 0.3) is 5.91 Å². The Kier molecular flexibility index (Phi) is 6.28. The van der Waals surface area contributed by atoms with Crippen LogP contribution in [0.1, 0.15) is 86.0 Å². The van der Waals surface area contributed by atoms with E-state index in [9.17, 15) is 9.59 Å². The second-order valence-corrected chi connectivity index (χ2v) is 7.70. The van der Waals surface area contributed by atoms with E-state index in [1.807, 2.05) is 30.9 Å². The fourth-order valence-corrected chi connectivity index (χ4v) is 4.22. The Bertz CT molecular complexity index is 645. The van der Waals surface area contributed by atoms with Gasteiger partial charge in [-0.1, -0.05) is 26.2 Å². The average molecular weight is 357 g/mol. The van der Waals surface area contributed by atoms with Crippen molar-refractivity contribution in [3.05, 3.63) is 29.1 Å². The fourth-order valence-electron chi connectivity index (χ4n) is 4.22. The van der Waals surface area contributed by atoms with Crippen molar-refractivity contribution in [1.29, 1.82) is 0 Å². The molecule has 1 aromatic heterocycles. The summed E-state index contributed by atoms with van der Waals surface area (Å²) in [5.74, 6) is 0.491. The number of amides is 2. The molecule has 5 nitrogen and oxygen atoms in total. The quantitative estimate of drug-likeness (QED) is 0.896. The van der Waals surface area contributed by atoms with E-state index in [4.69, 9.17) is 4.98 Å². The highest BCUT2D eigenvalue weighted by Gasteiger charge is 2.28. The SMILES string of the molecule is CCC(=O)N1CCC(c2nc(C)ccc2C(=O)NC2CCCCC2)CC1. The first kappa shape index (κ1) is 18.9. The third-order valence-corrected chi connectivity index (χ3v) is 5.79. The van der Waals surface area contributed by atoms with Crippen molar-refractivity contribution in [2.75, 3.05) is 13.1 Å². The van der Waals surface area contributed by atoms with Crippen LogP contribution in [-0.4, -0.2) is 40.8 Å². The van der Waals surface area contributed by atoms with Crippen LogP contribution in [0.25, 0.3) is 0 Å². The average Bonchev–Trinajstić information content (AvgIpc) is 2.68. The molecule has 1 aromatic rings. The van der Waals surface area contributed by atoms with Gasteiger partial charge in [-0.15, -0.1) is 0 Å². The normalized spacial score (nSPS) is 19.4. The third-order valence-electron chi connectivity index (χ3n) is 5.79. The largest absolute Gasteiger partial charge is 0.349 e. The van der Waals surface area contributed by atoms with Gasteiger partial charge in [0, 0.05) is 37.2 Å². The monoisotopic (exact) mass is 357 g/mol. The molecule has 1 saturated carbocycles. The molecule has 0 bridgehead atoms. The zero-order chi connectivity index (χ0) is 18.5. The second kappa shape index (κ2) is 8.65. The Morgan fingerprint density at radius 3 is 2.46 bits per heavy atom. The van der Waals surface area contributed by atoms with Gasteiger partial charge >= 0.3 is 0 Å². The first-order valence-electron chi connectivity index (χ1n) is 10.1. The number of hydrogen-bond acceptors (Lipinski definition) is 3. The first-order valence-corrected chi connectivity index (χ1v) is 10.1. The summed E-state index contributed by atoms with van der Waals surface area (Å²) in [4.78, 5) is 31.5. The van der Waals surface area contributed by atoms with Crippen molar-refractivity contribution < 1.29 is 9.59 Å². The van der Waals surface area contributed by atoms with E-state index in [-0.39, 0.29) is 17.7 Å². The number of likely N-dealkylation sites (tertiary alicyclic amines) is 1. The maximum absolute atomic E-state index is 12.9. The van der Waals surface area contributed by atoms with Crippen molar-refractivity contribution in [3.63, 3.8) is 0 Å². The number of aromatic nitrogens is 1. The molecule has 2 amide bonds. The van der Waals surface area contributed by atoms with Crippen LogP contribution in [0.4, 0.5) is 0 Å². The van der Waals surface area contributed by atoms with Crippen LogP contribution < -0.4 is 5.32 Å². The van der Waals surface area contributed by atoms with Crippen LogP contribution in [0.15, 0.2) is 12.1 Å². The highest BCUT2D eigenvalue weighted by atomic mass is 16.2. The summed E-state index contributed by atoms with van der Waals surface area (Å²) in [5, 5.41) is 3.23. The van der Waals surface area contributed by atoms with Gasteiger partial charge in [-0.2, -0.15) is 0 Å². The molecule has 1 N–H and O–H groups in total. The first-order chi connectivity index (χ1) is 12.6. The van der Waals surface area contributed by atoms with E-state index >= 15 is 0 Å². The molecule has 0 aromatic carbocycles. The van der Waals surface area contributed by atoms with E-state index in [1.54, 1.807) is 0 Å². The van der Waals surface area contributed by atoms with Gasteiger partial charge in [-0.3, -0.25) is 14.6 Å². The summed E-state index contributed by atoms with van der Waals surface area (Å²) in [6, 6.07) is 4.16. The maximum Gasteiger partial charge on any atom is 0.253 e. The molecule has 1 saturated heterocycles. The highest BCUT2D eigenvalue weighted by Crippen LogP contribution is 2.30. The van der Waals surface area contributed by atoms with Gasteiger partial charge in [0.05, 0.1) is 11.3 Å². The molecule has 0 atom stereocenters. The molecule has 2 aliphatic rings. The summed E-state index contributed by atoms with van der Waals surface area (Å²) < 4.78 is 0. The molecule has 0 unspecified atom stereocenters. The molecular weight excluding hydrogens is 326 g/mol. The Morgan fingerprint density at radius 2 is 1.81 bits per heavy atom. The van der Waals surface area contributed by atoms with Crippen LogP contribution in [0.3, 0.4) is 0 Å². The molecular formula is C21H31N3O2. The lowest BCUT2D eigenvalue weighted by molar-refractivity contribution is -0.131. The molecule has 142 valence electrons. The number of rotatable bonds is 4. The number of pyridine rings is 1. The van der Waals surface area contributed by atoms with Gasteiger partial charge in [-0.25, -0.2) is 0 Å². The molecule has 0 spiro atoms. The summed E-state index contributed by atoms with van der Waals surface area (Å²) in [6.45, 7) is 5.40. The number of nitrogens with one attached hydrogen (secondary N) is 1. The Morgan fingerprint density at radius 1 is 1.12 bits per heavy atom. The predicted molar refractivity (Wildman–Crippen MR) is 102 cm³/mol. The van der Waals surface area contributed by atoms with Gasteiger partial charge in [0.1, 0.15) is 0 Å². The van der Waals surface area contributed by atoms with Gasteiger partial charge in [0.15, 0.2) is 0 Å². The van der Waals surface area contributed by atoms with E-state index < -0.39 is 0 Å². The maximum atomic E-state index is 12.9. The lowest BCUT2D eigenvalue weighted by Gasteiger charge is -2.32. The number of hydrogen-bond donors (Lipinski definition) is 1. The van der Waals surface area contributed by atoms with Crippen LogP contribution in [0, 0.1) is 6.92 Å². The molecule has 2 heterocycles. The number of carbonyl (C=O) groups excluding carboxylic acids is 2. The van der Waals surface area contributed by atoms with Crippen LogP contribution >= 0.6 is 0 Å². The zero-order valence-electron chi connectivity index (χ0n) is 16.1. The zero-order valence-corrected chi connectivity index (χ0v) is 16.1. The molecule has 2 fully saturated rings. The van der Waals surface area contributed by atoms with E-state index in [2.05, 4.69) is 5.32 Å². The Labute approximate surface area is 156 Å². The molecule has 26 heavy (non-hydrogen) atoms. The van der Waals surface area contributed by atoms with E-state index in [1.165, 1.54) is 19.3 Å². The Hall–Kier alpha value is -1.91. The number of nitrogens with zero attached hydrogens (tertiary/aromatic N) is 2. The van der Waals surface area contributed by atoms with E-state index in [0.29, 0.717) is 12.5 Å². The minimum Gasteiger partial charge on any atom is -0.349 e. The van der Waals surface area contributed by atoms with Gasteiger partial charge in [-0.05, 0) is 44.7 Å². The molecule has 5 heteroatoms. The number of aryl methyl sites for hydroxylation is 1. The van der Waals surface area contributed by atoms with Crippen molar-refractivity contribution in [3.8, 4) is 0 Å². The molecule has 0 radical (unpaired) electrons. The van der Waals surface area contributed by atoms with Gasteiger partial charge in [0.2, 0.25) is 5.91 Å². The van der Waals surface area contributed by atoms with Crippen LogP contribution in [0.5, 0.6) is 0 Å². The minimum absolute atomic E-state index is 0.0199. The summed E-state index contributed by atoms with van der Waals surface area (Å²) >= 11 is 0. The lowest BCUT2D eigenvalue weighted by atomic mass is 9.89. The standard InChI is InChI=1S/C21H31N3O2/c1-3-19(25)24-13-11-16(12-14-24)20-18(10-9-15(2)22-20)21(26)23-17-7-5-4-6-8-17/h9-10,16-17H,3-8,11-14H2,1-2H3,(H,23,26). The van der Waals surface area contributed by atoms with E-state index in [0.717, 1.165) is 55.7 Å². The Balaban J connectivity index is 1.72. The fraction of sp³-hybridized carbons (Fsp3) is 0.667. The van der Waals surface area contributed by atoms with Crippen molar-refractivity contribution in [2.45, 2.75) is 77.2 Å². The second-order valence-electron chi connectivity index (χ2n) is 7.70. The van der Waals surface area contributed by atoms with Crippen LogP contribution in [0.2, 0.25) is 0 Å². The highest BCUT2D eigenvalue weighted by molar-refractivity contribution is 5.95. The van der Waals surface area contributed by atoms with Crippen molar-refractivity contribution in [1.82, 2.24) is 15.2 Å². The van der Waals surface area contributed by atoms with Crippen molar-refractivity contribution >= 4 is 11.8 Å². The number of carbonyl (C=O) groups is 2. The molecule has 3 rings (SSSR count). The minimum atomic E-state index is 0.0199. The molecule has 1 aliphatic heterocycles. The molecule has 1 aliphatic carbocycles. The lowest BCUT2D eigenvalue weighted by Crippen LogP contribution is -2.39. The smallest absolute Gasteiger partial charge is 0.253 e. The van der Waals surface area contributed by atoms with Crippen molar-refractivity contribution in [2.24, 2.45) is 0 Å². The van der Waals surface area contributed by atoms with Gasteiger partial charge < -0.3 is 10.2 Å². The van der Waals surface area contributed by atoms with Crippen LogP contribution in [-0.2, 0) is 4.79 Å².